The van der Waals surface area contributed by atoms with Crippen LogP contribution < -0.4 is 5.32 Å². The predicted molar refractivity (Wildman–Crippen MR) is 99.4 cm³/mol. The van der Waals surface area contributed by atoms with Crippen molar-refractivity contribution in [3.8, 4) is 0 Å². The molecule has 1 amide bonds. The Morgan fingerprint density at radius 2 is 2.04 bits per heavy atom. The molecule has 0 radical (unpaired) electrons. The maximum atomic E-state index is 13.7. The third-order valence-electron chi connectivity index (χ3n) is 4.16. The first-order valence-electron chi connectivity index (χ1n) is 8.29. The van der Waals surface area contributed by atoms with Crippen LogP contribution >= 0.6 is 11.6 Å². The molecule has 1 N–H and O–H groups in total. The largest absolute Gasteiger partial charge is 0.342 e. The summed E-state index contributed by atoms with van der Waals surface area (Å²) in [4.78, 5) is 16.8. The Hall–Kier alpha value is -2.66. The molecule has 1 heterocycles. The Kier molecular flexibility index (Phi) is 5.68. The van der Waals surface area contributed by atoms with Gasteiger partial charge in [-0.25, -0.2) is 9.37 Å². The first-order valence-corrected chi connectivity index (χ1v) is 8.67. The quantitative estimate of drug-likeness (QED) is 0.710. The van der Waals surface area contributed by atoms with Gasteiger partial charge in [0.15, 0.2) is 0 Å². The Balaban J connectivity index is 1.74. The maximum Gasteiger partial charge on any atom is 0.221 e. The molecular formula is C20H19ClFN3O. The SMILES string of the molecule is Cn1ccnc1C(NC(=O)CCc1ccc(Cl)cc1)c1cccc(F)c1. The minimum absolute atomic E-state index is 0.128. The van der Waals surface area contributed by atoms with Crippen LogP contribution in [0.2, 0.25) is 5.02 Å². The Bertz CT molecular complexity index is 892. The third kappa shape index (κ3) is 4.49. The first-order chi connectivity index (χ1) is 12.5. The average molecular weight is 372 g/mol. The summed E-state index contributed by atoms with van der Waals surface area (Å²) < 4.78 is 15.5. The van der Waals surface area contributed by atoms with Crippen molar-refractivity contribution >= 4 is 17.5 Å². The molecule has 0 spiro atoms. The van der Waals surface area contributed by atoms with Crippen LogP contribution in [0.15, 0.2) is 60.9 Å². The lowest BCUT2D eigenvalue weighted by Crippen LogP contribution is -2.31. The van der Waals surface area contributed by atoms with Crippen molar-refractivity contribution in [2.75, 3.05) is 0 Å². The van der Waals surface area contributed by atoms with Gasteiger partial charge in [0, 0.05) is 30.9 Å². The fourth-order valence-electron chi connectivity index (χ4n) is 2.78. The Morgan fingerprint density at radius 3 is 2.69 bits per heavy atom. The number of aromatic nitrogens is 2. The minimum atomic E-state index is -0.511. The number of hydrogen-bond acceptors (Lipinski definition) is 2. The summed E-state index contributed by atoms with van der Waals surface area (Å²) >= 11 is 5.88. The molecular weight excluding hydrogens is 353 g/mol. The predicted octanol–water partition coefficient (Wildman–Crippen LogP) is 4.05. The van der Waals surface area contributed by atoms with E-state index in [1.54, 1.807) is 36.7 Å². The van der Waals surface area contributed by atoms with E-state index in [1.807, 2.05) is 23.7 Å². The van der Waals surface area contributed by atoms with E-state index in [-0.39, 0.29) is 11.7 Å². The van der Waals surface area contributed by atoms with Crippen molar-refractivity contribution in [1.29, 1.82) is 0 Å². The molecule has 0 aliphatic carbocycles. The molecule has 4 nitrogen and oxygen atoms in total. The number of benzene rings is 2. The van der Waals surface area contributed by atoms with Crippen LogP contribution in [0.4, 0.5) is 4.39 Å². The zero-order valence-corrected chi connectivity index (χ0v) is 15.1. The molecule has 2 aromatic carbocycles. The van der Waals surface area contributed by atoms with Crippen molar-refractivity contribution in [3.63, 3.8) is 0 Å². The number of carbonyl (C=O) groups excluding carboxylic acids is 1. The zero-order chi connectivity index (χ0) is 18.5. The van der Waals surface area contributed by atoms with Crippen molar-refractivity contribution in [2.24, 2.45) is 7.05 Å². The number of aryl methyl sites for hydroxylation is 2. The van der Waals surface area contributed by atoms with Gasteiger partial charge >= 0.3 is 0 Å². The monoisotopic (exact) mass is 371 g/mol. The molecule has 0 bridgehead atoms. The standard InChI is InChI=1S/C20H19ClFN3O/c1-25-12-11-23-20(25)19(15-3-2-4-17(22)13-15)24-18(26)10-7-14-5-8-16(21)9-6-14/h2-6,8-9,11-13,19H,7,10H2,1H3,(H,24,26). The second kappa shape index (κ2) is 8.15. The number of rotatable bonds is 6. The van der Waals surface area contributed by atoms with Gasteiger partial charge in [0.1, 0.15) is 17.7 Å². The van der Waals surface area contributed by atoms with Crippen LogP contribution in [-0.4, -0.2) is 15.5 Å². The molecule has 3 aromatic rings. The summed E-state index contributed by atoms with van der Waals surface area (Å²) in [5.41, 5.74) is 1.68. The summed E-state index contributed by atoms with van der Waals surface area (Å²) in [5.74, 6) is 0.171. The van der Waals surface area contributed by atoms with Crippen molar-refractivity contribution in [3.05, 3.63) is 88.7 Å². The van der Waals surface area contributed by atoms with E-state index in [1.165, 1.54) is 12.1 Å². The van der Waals surface area contributed by atoms with Crippen LogP contribution in [-0.2, 0) is 18.3 Å². The van der Waals surface area contributed by atoms with E-state index in [9.17, 15) is 9.18 Å². The molecule has 3 rings (SSSR count). The molecule has 0 saturated carbocycles. The lowest BCUT2D eigenvalue weighted by Gasteiger charge is -2.19. The van der Waals surface area contributed by atoms with Crippen LogP contribution in [0.25, 0.3) is 0 Å². The molecule has 6 heteroatoms. The number of nitrogens with one attached hydrogen (secondary N) is 1. The fourth-order valence-corrected chi connectivity index (χ4v) is 2.91. The smallest absolute Gasteiger partial charge is 0.221 e. The summed E-state index contributed by atoms with van der Waals surface area (Å²) in [6.45, 7) is 0. The summed E-state index contributed by atoms with van der Waals surface area (Å²) in [6.07, 6.45) is 4.36. The van der Waals surface area contributed by atoms with Crippen LogP contribution in [0.5, 0.6) is 0 Å². The highest BCUT2D eigenvalue weighted by Crippen LogP contribution is 2.21. The summed E-state index contributed by atoms with van der Waals surface area (Å²) in [5, 5.41) is 3.64. The first kappa shape index (κ1) is 18.1. The van der Waals surface area contributed by atoms with Gasteiger partial charge < -0.3 is 9.88 Å². The highest BCUT2D eigenvalue weighted by Gasteiger charge is 2.21. The lowest BCUT2D eigenvalue weighted by atomic mass is 10.0. The third-order valence-corrected chi connectivity index (χ3v) is 4.41. The Labute approximate surface area is 156 Å². The summed E-state index contributed by atoms with van der Waals surface area (Å²) in [6, 6.07) is 13.1. The van der Waals surface area contributed by atoms with E-state index < -0.39 is 6.04 Å². The van der Waals surface area contributed by atoms with Crippen molar-refractivity contribution < 1.29 is 9.18 Å². The summed E-state index contributed by atoms with van der Waals surface area (Å²) in [7, 11) is 1.84. The Morgan fingerprint density at radius 1 is 1.27 bits per heavy atom. The molecule has 1 unspecified atom stereocenters. The van der Waals surface area contributed by atoms with Gasteiger partial charge in [-0.15, -0.1) is 0 Å². The zero-order valence-electron chi connectivity index (χ0n) is 14.3. The fraction of sp³-hybridized carbons (Fsp3) is 0.200. The number of imidazole rings is 1. The number of carbonyl (C=O) groups is 1. The van der Waals surface area contributed by atoms with E-state index >= 15 is 0 Å². The topological polar surface area (TPSA) is 46.9 Å². The lowest BCUT2D eigenvalue weighted by molar-refractivity contribution is -0.121. The average Bonchev–Trinajstić information content (AvgIpc) is 3.05. The van der Waals surface area contributed by atoms with Crippen molar-refractivity contribution in [2.45, 2.75) is 18.9 Å². The van der Waals surface area contributed by atoms with Crippen LogP contribution in [0.1, 0.15) is 29.4 Å². The van der Waals surface area contributed by atoms with E-state index in [2.05, 4.69) is 10.3 Å². The number of hydrogen-bond donors (Lipinski definition) is 1. The van der Waals surface area contributed by atoms with Gasteiger partial charge in [-0.3, -0.25) is 4.79 Å². The van der Waals surface area contributed by atoms with Crippen molar-refractivity contribution in [1.82, 2.24) is 14.9 Å². The van der Waals surface area contributed by atoms with Crippen LogP contribution in [0.3, 0.4) is 0 Å². The van der Waals surface area contributed by atoms with Gasteiger partial charge in [0.05, 0.1) is 0 Å². The molecule has 0 aliphatic rings. The molecule has 1 aromatic heterocycles. The molecule has 0 aliphatic heterocycles. The second-order valence-corrected chi connectivity index (χ2v) is 6.51. The van der Waals surface area contributed by atoms with E-state index in [4.69, 9.17) is 11.6 Å². The highest BCUT2D eigenvalue weighted by atomic mass is 35.5. The number of halogens is 2. The highest BCUT2D eigenvalue weighted by molar-refractivity contribution is 6.30. The van der Waals surface area contributed by atoms with Gasteiger partial charge in [-0.05, 0) is 41.8 Å². The molecule has 0 saturated heterocycles. The van der Waals surface area contributed by atoms with Crippen LogP contribution in [0, 0.1) is 5.82 Å². The van der Waals surface area contributed by atoms with Gasteiger partial charge in [0.25, 0.3) is 0 Å². The number of amides is 1. The van der Waals surface area contributed by atoms with Gasteiger partial charge in [-0.2, -0.15) is 0 Å². The van der Waals surface area contributed by atoms with Gasteiger partial charge in [0.2, 0.25) is 5.91 Å². The molecule has 134 valence electrons. The number of nitrogens with zero attached hydrogens (tertiary/aromatic N) is 2. The second-order valence-electron chi connectivity index (χ2n) is 6.08. The van der Waals surface area contributed by atoms with E-state index in [0.717, 1.165) is 5.56 Å². The minimum Gasteiger partial charge on any atom is -0.342 e. The van der Waals surface area contributed by atoms with E-state index in [0.29, 0.717) is 29.3 Å². The molecule has 26 heavy (non-hydrogen) atoms. The normalized spacial score (nSPS) is 12.0. The molecule has 1 atom stereocenters. The molecule has 0 fully saturated rings. The maximum absolute atomic E-state index is 13.7. The van der Waals surface area contributed by atoms with Gasteiger partial charge in [-0.1, -0.05) is 35.9 Å².